The van der Waals surface area contributed by atoms with Crippen LogP contribution in [0, 0.1) is 0 Å². The van der Waals surface area contributed by atoms with Crippen LogP contribution in [0.1, 0.15) is 19.0 Å². The lowest BCUT2D eigenvalue weighted by Gasteiger charge is -2.02. The molecule has 0 aliphatic rings. The van der Waals surface area contributed by atoms with Crippen LogP contribution in [-0.4, -0.2) is 19.9 Å². The smallest absolute Gasteiger partial charge is 0.251 e. The number of hydrogen-bond acceptors (Lipinski definition) is 6. The Labute approximate surface area is 108 Å². The Morgan fingerprint density at radius 2 is 2.22 bits per heavy atom. The highest BCUT2D eigenvalue weighted by Gasteiger charge is 2.05. The van der Waals surface area contributed by atoms with Gasteiger partial charge >= 0.3 is 0 Å². The zero-order valence-corrected chi connectivity index (χ0v) is 10.7. The minimum atomic E-state index is -0.159. The van der Waals surface area contributed by atoms with Crippen LogP contribution in [0.5, 0.6) is 0 Å². The number of nitrogens with two attached hydrogens (primary N) is 1. The van der Waals surface area contributed by atoms with Gasteiger partial charge in [0, 0.05) is 11.8 Å². The highest BCUT2D eigenvalue weighted by molar-refractivity contribution is 7.99. The van der Waals surface area contributed by atoms with Crippen LogP contribution in [0.4, 0.5) is 5.82 Å². The number of aromatic nitrogens is 4. The molecular formula is C11H13N5OS. The van der Waals surface area contributed by atoms with Crippen molar-refractivity contribution in [3.05, 3.63) is 34.5 Å². The fraction of sp³-hybridized carbons (Fsp3) is 0.273. The van der Waals surface area contributed by atoms with Crippen molar-refractivity contribution in [3.8, 4) is 0 Å². The predicted octanol–water partition coefficient (Wildman–Crippen LogP) is 1.25. The number of aryl methyl sites for hydroxylation is 1. The van der Waals surface area contributed by atoms with Gasteiger partial charge in [-0.3, -0.25) is 9.78 Å². The fourth-order valence-corrected chi connectivity index (χ4v) is 2.20. The second-order valence-electron chi connectivity index (χ2n) is 3.68. The summed E-state index contributed by atoms with van der Waals surface area (Å²) in [7, 11) is 0. The Hall–Kier alpha value is -1.89. The Kier molecular flexibility index (Phi) is 3.93. The minimum Gasteiger partial charge on any atom is -0.382 e. The molecule has 3 N–H and O–H groups in total. The molecule has 0 aromatic carbocycles. The van der Waals surface area contributed by atoms with Crippen LogP contribution in [-0.2, 0) is 6.42 Å². The number of nitrogen functional groups attached to an aromatic ring is 1. The molecule has 0 amide bonds. The molecule has 18 heavy (non-hydrogen) atoms. The van der Waals surface area contributed by atoms with Gasteiger partial charge in [-0.1, -0.05) is 13.3 Å². The summed E-state index contributed by atoms with van der Waals surface area (Å²) in [4.78, 5) is 26.5. The maximum atomic E-state index is 11.5. The van der Waals surface area contributed by atoms with E-state index >= 15 is 0 Å². The average molecular weight is 263 g/mol. The maximum absolute atomic E-state index is 11.5. The largest absolute Gasteiger partial charge is 0.382 e. The lowest BCUT2D eigenvalue weighted by molar-refractivity contribution is 0.815. The predicted molar refractivity (Wildman–Crippen MR) is 69.4 cm³/mol. The number of H-pyrrole nitrogens is 1. The standard InChI is InChI=1S/C11H13N5OS/c1-2-3-7-4-9(17)16-11(14-7)18-10-6-13-5-8(12)15-10/h4-6H,2-3H2,1H3,(H2,12,15)(H,14,16,17). The van der Waals surface area contributed by atoms with Crippen molar-refractivity contribution in [1.29, 1.82) is 0 Å². The van der Waals surface area contributed by atoms with Gasteiger partial charge in [-0.05, 0) is 18.2 Å². The van der Waals surface area contributed by atoms with E-state index in [2.05, 4.69) is 19.9 Å². The molecule has 0 aliphatic heterocycles. The van der Waals surface area contributed by atoms with Gasteiger partial charge in [0.25, 0.3) is 5.56 Å². The molecule has 0 bridgehead atoms. The first-order valence-corrected chi connectivity index (χ1v) is 6.34. The first kappa shape index (κ1) is 12.6. The number of hydrogen-bond donors (Lipinski definition) is 2. The van der Waals surface area contributed by atoms with Crippen molar-refractivity contribution in [2.75, 3.05) is 5.73 Å². The Morgan fingerprint density at radius 3 is 2.94 bits per heavy atom. The monoisotopic (exact) mass is 263 g/mol. The van der Waals surface area contributed by atoms with E-state index in [9.17, 15) is 4.79 Å². The van der Waals surface area contributed by atoms with E-state index in [1.807, 2.05) is 6.92 Å². The van der Waals surface area contributed by atoms with E-state index in [4.69, 9.17) is 5.73 Å². The van der Waals surface area contributed by atoms with E-state index in [1.54, 1.807) is 6.20 Å². The van der Waals surface area contributed by atoms with Crippen LogP contribution >= 0.6 is 11.8 Å². The molecule has 0 atom stereocenters. The zero-order valence-electron chi connectivity index (χ0n) is 9.88. The van der Waals surface area contributed by atoms with Gasteiger partial charge in [-0.15, -0.1) is 0 Å². The first-order chi connectivity index (χ1) is 8.67. The summed E-state index contributed by atoms with van der Waals surface area (Å²) in [6, 6.07) is 1.51. The highest BCUT2D eigenvalue weighted by atomic mass is 32.2. The van der Waals surface area contributed by atoms with E-state index in [0.717, 1.165) is 18.5 Å². The Morgan fingerprint density at radius 1 is 1.39 bits per heavy atom. The summed E-state index contributed by atoms with van der Waals surface area (Å²) in [5.41, 5.74) is 6.16. The van der Waals surface area contributed by atoms with Crippen molar-refractivity contribution < 1.29 is 0 Å². The zero-order chi connectivity index (χ0) is 13.0. The fourth-order valence-electron chi connectivity index (χ4n) is 1.43. The Bertz CT molecular complexity index is 598. The molecule has 6 nitrogen and oxygen atoms in total. The van der Waals surface area contributed by atoms with E-state index in [1.165, 1.54) is 24.0 Å². The third-order valence-corrected chi connectivity index (χ3v) is 2.90. The summed E-state index contributed by atoms with van der Waals surface area (Å²) in [5, 5.41) is 1.11. The molecule has 2 heterocycles. The molecule has 0 aliphatic carbocycles. The first-order valence-electron chi connectivity index (χ1n) is 5.53. The molecule has 0 unspecified atom stereocenters. The molecule has 0 fully saturated rings. The highest BCUT2D eigenvalue weighted by Crippen LogP contribution is 2.21. The van der Waals surface area contributed by atoms with Crippen LogP contribution in [0.3, 0.4) is 0 Å². The van der Waals surface area contributed by atoms with Crippen molar-refractivity contribution in [3.63, 3.8) is 0 Å². The van der Waals surface area contributed by atoms with Gasteiger partial charge < -0.3 is 10.7 Å². The average Bonchev–Trinajstić information content (AvgIpc) is 2.28. The van der Waals surface area contributed by atoms with Crippen LogP contribution in [0.25, 0.3) is 0 Å². The topological polar surface area (TPSA) is 97.5 Å². The number of nitrogens with zero attached hydrogens (tertiary/aromatic N) is 3. The molecule has 0 spiro atoms. The molecule has 94 valence electrons. The lowest BCUT2D eigenvalue weighted by atomic mass is 10.2. The normalized spacial score (nSPS) is 10.5. The summed E-state index contributed by atoms with van der Waals surface area (Å²) in [5.74, 6) is 0.340. The summed E-state index contributed by atoms with van der Waals surface area (Å²) < 4.78 is 0. The third-order valence-electron chi connectivity index (χ3n) is 2.11. The number of anilines is 1. The second-order valence-corrected chi connectivity index (χ2v) is 4.69. The van der Waals surface area contributed by atoms with Crippen molar-refractivity contribution in [2.45, 2.75) is 29.9 Å². The van der Waals surface area contributed by atoms with Crippen molar-refractivity contribution in [1.82, 2.24) is 19.9 Å². The summed E-state index contributed by atoms with van der Waals surface area (Å²) in [6.45, 7) is 2.04. The summed E-state index contributed by atoms with van der Waals surface area (Å²) in [6.07, 6.45) is 4.76. The molecule has 0 saturated carbocycles. The SMILES string of the molecule is CCCc1cc(=O)[nH]c(Sc2cncc(N)n2)n1. The van der Waals surface area contributed by atoms with Gasteiger partial charge in [-0.25, -0.2) is 9.97 Å². The van der Waals surface area contributed by atoms with Crippen molar-refractivity contribution >= 4 is 17.6 Å². The van der Waals surface area contributed by atoms with Crippen molar-refractivity contribution in [2.24, 2.45) is 0 Å². The summed E-state index contributed by atoms with van der Waals surface area (Å²) >= 11 is 1.24. The molecule has 2 rings (SSSR count). The lowest BCUT2D eigenvalue weighted by Crippen LogP contribution is -2.10. The van der Waals surface area contributed by atoms with Gasteiger partial charge in [0.15, 0.2) is 5.16 Å². The van der Waals surface area contributed by atoms with Crippen LogP contribution in [0.2, 0.25) is 0 Å². The van der Waals surface area contributed by atoms with E-state index in [0.29, 0.717) is 16.0 Å². The van der Waals surface area contributed by atoms with Crippen LogP contribution in [0.15, 0.2) is 33.4 Å². The molecule has 0 saturated heterocycles. The van der Waals surface area contributed by atoms with Crippen LogP contribution < -0.4 is 11.3 Å². The van der Waals surface area contributed by atoms with E-state index in [-0.39, 0.29) is 5.56 Å². The molecule has 2 aromatic rings. The van der Waals surface area contributed by atoms with Gasteiger partial charge in [-0.2, -0.15) is 0 Å². The van der Waals surface area contributed by atoms with Gasteiger partial charge in [0.1, 0.15) is 10.8 Å². The number of aromatic amines is 1. The van der Waals surface area contributed by atoms with Gasteiger partial charge in [0.2, 0.25) is 0 Å². The minimum absolute atomic E-state index is 0.159. The molecule has 2 aromatic heterocycles. The van der Waals surface area contributed by atoms with Gasteiger partial charge in [0.05, 0.1) is 12.4 Å². The number of nitrogens with one attached hydrogen (secondary N) is 1. The molecule has 0 radical (unpaired) electrons. The van der Waals surface area contributed by atoms with E-state index < -0.39 is 0 Å². The molecule has 7 heteroatoms. The second kappa shape index (κ2) is 5.63. The Balaban J connectivity index is 2.26. The third kappa shape index (κ3) is 3.30. The maximum Gasteiger partial charge on any atom is 0.251 e. The number of rotatable bonds is 4. The molecular weight excluding hydrogens is 250 g/mol. The quantitative estimate of drug-likeness (QED) is 0.805.